The minimum atomic E-state index is -0.491. The molecule has 110 valence electrons. The molecule has 1 atom stereocenters. The van der Waals surface area contributed by atoms with E-state index in [0.29, 0.717) is 23.5 Å². The van der Waals surface area contributed by atoms with Crippen molar-refractivity contribution in [3.8, 4) is 0 Å². The van der Waals surface area contributed by atoms with Crippen LogP contribution in [0.2, 0.25) is 0 Å². The zero-order chi connectivity index (χ0) is 14.7. The maximum atomic E-state index is 14.0. The number of hydrogen-bond donors (Lipinski definition) is 0. The van der Waals surface area contributed by atoms with Crippen LogP contribution < -0.4 is 0 Å². The molecular formula is C15H19BrFNO2. The molecule has 1 unspecified atom stereocenters. The Balaban J connectivity index is 2.25. The Kier molecular flexibility index (Phi) is 5.16. The monoisotopic (exact) mass is 343 g/mol. The SMILES string of the molecule is COCCN(C(=O)c1c(F)cccc1Br)C(C)C1CC1. The highest BCUT2D eigenvalue weighted by Crippen LogP contribution is 2.36. The highest BCUT2D eigenvalue weighted by Gasteiger charge is 2.35. The lowest BCUT2D eigenvalue weighted by Crippen LogP contribution is -2.42. The Bertz CT molecular complexity index is 471. The molecule has 1 aliphatic rings. The van der Waals surface area contributed by atoms with E-state index in [0.717, 1.165) is 12.8 Å². The fraction of sp³-hybridized carbons (Fsp3) is 0.533. The van der Waals surface area contributed by atoms with Gasteiger partial charge in [0.2, 0.25) is 0 Å². The van der Waals surface area contributed by atoms with E-state index >= 15 is 0 Å². The fourth-order valence-electron chi connectivity index (χ4n) is 2.36. The second kappa shape index (κ2) is 6.68. The van der Waals surface area contributed by atoms with Gasteiger partial charge in [0.05, 0.1) is 12.2 Å². The number of halogens is 2. The first kappa shape index (κ1) is 15.4. The fourth-order valence-corrected chi connectivity index (χ4v) is 2.87. The zero-order valence-electron chi connectivity index (χ0n) is 11.7. The predicted octanol–water partition coefficient (Wildman–Crippen LogP) is 3.48. The molecule has 2 rings (SSSR count). The van der Waals surface area contributed by atoms with Gasteiger partial charge in [0.25, 0.3) is 5.91 Å². The summed E-state index contributed by atoms with van der Waals surface area (Å²) in [6.07, 6.45) is 2.27. The van der Waals surface area contributed by atoms with Gasteiger partial charge in [0.15, 0.2) is 0 Å². The van der Waals surface area contributed by atoms with E-state index in [1.807, 2.05) is 6.92 Å². The van der Waals surface area contributed by atoms with Gasteiger partial charge in [0.1, 0.15) is 5.82 Å². The number of carbonyl (C=O) groups is 1. The van der Waals surface area contributed by atoms with Gasteiger partial charge in [-0.1, -0.05) is 6.07 Å². The largest absolute Gasteiger partial charge is 0.383 e. The highest BCUT2D eigenvalue weighted by atomic mass is 79.9. The lowest BCUT2D eigenvalue weighted by Gasteiger charge is -2.29. The molecule has 3 nitrogen and oxygen atoms in total. The molecule has 0 aliphatic heterocycles. The first-order valence-electron chi connectivity index (χ1n) is 6.80. The van der Waals surface area contributed by atoms with Crippen LogP contribution >= 0.6 is 15.9 Å². The molecule has 0 heterocycles. The Morgan fingerprint density at radius 2 is 2.25 bits per heavy atom. The van der Waals surface area contributed by atoms with Gasteiger partial charge < -0.3 is 9.64 Å². The third-order valence-corrected chi connectivity index (χ3v) is 4.43. The summed E-state index contributed by atoms with van der Waals surface area (Å²) in [5.41, 5.74) is 0.108. The van der Waals surface area contributed by atoms with Crippen LogP contribution in [0.3, 0.4) is 0 Å². The highest BCUT2D eigenvalue weighted by molar-refractivity contribution is 9.10. The van der Waals surface area contributed by atoms with Gasteiger partial charge in [-0.15, -0.1) is 0 Å². The van der Waals surface area contributed by atoms with Crippen LogP contribution in [0.25, 0.3) is 0 Å². The van der Waals surface area contributed by atoms with Crippen molar-refractivity contribution in [2.75, 3.05) is 20.3 Å². The molecule has 1 aromatic rings. The number of benzene rings is 1. The molecular weight excluding hydrogens is 325 g/mol. The van der Waals surface area contributed by atoms with Crippen LogP contribution in [0, 0.1) is 11.7 Å². The summed E-state index contributed by atoms with van der Waals surface area (Å²) < 4.78 is 19.5. The molecule has 1 aliphatic carbocycles. The Labute approximate surface area is 127 Å². The van der Waals surface area contributed by atoms with Crippen molar-refractivity contribution in [1.82, 2.24) is 4.90 Å². The standard InChI is InChI=1S/C15H19BrFNO2/c1-10(11-6-7-11)18(8-9-20-2)15(19)14-12(16)4-3-5-13(14)17/h3-5,10-11H,6-9H2,1-2H3. The molecule has 0 bridgehead atoms. The summed E-state index contributed by atoms with van der Waals surface area (Å²) >= 11 is 3.27. The smallest absolute Gasteiger partial charge is 0.258 e. The average molecular weight is 344 g/mol. The molecule has 20 heavy (non-hydrogen) atoms. The minimum absolute atomic E-state index is 0.108. The molecule has 1 aromatic carbocycles. The lowest BCUT2D eigenvalue weighted by molar-refractivity contribution is 0.0589. The summed E-state index contributed by atoms with van der Waals surface area (Å²) in [5, 5.41) is 0. The molecule has 0 N–H and O–H groups in total. The number of amides is 1. The van der Waals surface area contributed by atoms with Crippen molar-refractivity contribution in [2.45, 2.75) is 25.8 Å². The maximum absolute atomic E-state index is 14.0. The molecule has 1 fully saturated rings. The van der Waals surface area contributed by atoms with Crippen LogP contribution in [0.15, 0.2) is 22.7 Å². The van der Waals surface area contributed by atoms with Crippen LogP contribution in [0.1, 0.15) is 30.1 Å². The van der Waals surface area contributed by atoms with E-state index in [2.05, 4.69) is 15.9 Å². The Morgan fingerprint density at radius 3 is 2.80 bits per heavy atom. The van der Waals surface area contributed by atoms with Crippen LogP contribution in [0.5, 0.6) is 0 Å². The number of rotatable bonds is 6. The molecule has 1 amide bonds. The maximum Gasteiger partial charge on any atom is 0.258 e. The van der Waals surface area contributed by atoms with Gasteiger partial charge >= 0.3 is 0 Å². The number of methoxy groups -OCH3 is 1. The van der Waals surface area contributed by atoms with Gasteiger partial charge in [0, 0.05) is 24.2 Å². The van der Waals surface area contributed by atoms with Gasteiger partial charge in [-0.2, -0.15) is 0 Å². The molecule has 0 spiro atoms. The van der Waals surface area contributed by atoms with Gasteiger partial charge in [-0.25, -0.2) is 4.39 Å². The topological polar surface area (TPSA) is 29.5 Å². The lowest BCUT2D eigenvalue weighted by atomic mass is 10.1. The van der Waals surface area contributed by atoms with E-state index in [1.165, 1.54) is 6.07 Å². The quantitative estimate of drug-likeness (QED) is 0.791. The molecule has 0 radical (unpaired) electrons. The Hall–Kier alpha value is -0.940. The van der Waals surface area contributed by atoms with Crippen LogP contribution in [-0.2, 0) is 4.74 Å². The number of carbonyl (C=O) groups excluding carboxylic acids is 1. The first-order valence-corrected chi connectivity index (χ1v) is 7.59. The second-order valence-corrected chi connectivity index (χ2v) is 6.02. The molecule has 0 aromatic heterocycles. The predicted molar refractivity (Wildman–Crippen MR) is 79.2 cm³/mol. The molecule has 5 heteroatoms. The van der Waals surface area contributed by atoms with Crippen molar-refractivity contribution < 1.29 is 13.9 Å². The van der Waals surface area contributed by atoms with E-state index in [1.54, 1.807) is 24.1 Å². The minimum Gasteiger partial charge on any atom is -0.383 e. The number of ether oxygens (including phenoxy) is 1. The molecule has 1 saturated carbocycles. The van der Waals surface area contributed by atoms with Crippen molar-refractivity contribution >= 4 is 21.8 Å². The summed E-state index contributed by atoms with van der Waals surface area (Å²) in [7, 11) is 1.60. The van der Waals surface area contributed by atoms with E-state index in [9.17, 15) is 9.18 Å². The Morgan fingerprint density at radius 1 is 1.55 bits per heavy atom. The third kappa shape index (κ3) is 3.38. The van der Waals surface area contributed by atoms with Crippen LogP contribution in [0.4, 0.5) is 4.39 Å². The van der Waals surface area contributed by atoms with E-state index < -0.39 is 5.82 Å². The summed E-state index contributed by atoms with van der Waals surface area (Å²) in [6, 6.07) is 4.70. The zero-order valence-corrected chi connectivity index (χ0v) is 13.3. The third-order valence-electron chi connectivity index (χ3n) is 3.77. The summed E-state index contributed by atoms with van der Waals surface area (Å²) in [4.78, 5) is 14.4. The molecule has 0 saturated heterocycles. The second-order valence-electron chi connectivity index (χ2n) is 5.17. The van der Waals surface area contributed by atoms with Crippen molar-refractivity contribution in [2.24, 2.45) is 5.92 Å². The normalized spacial score (nSPS) is 16.0. The van der Waals surface area contributed by atoms with Crippen molar-refractivity contribution in [3.05, 3.63) is 34.1 Å². The van der Waals surface area contributed by atoms with Gasteiger partial charge in [-0.3, -0.25) is 4.79 Å². The van der Waals surface area contributed by atoms with E-state index in [-0.39, 0.29) is 17.5 Å². The van der Waals surface area contributed by atoms with E-state index in [4.69, 9.17) is 4.74 Å². The van der Waals surface area contributed by atoms with Crippen molar-refractivity contribution in [3.63, 3.8) is 0 Å². The summed E-state index contributed by atoms with van der Waals surface area (Å²) in [6.45, 7) is 2.96. The number of hydrogen-bond acceptors (Lipinski definition) is 2. The summed E-state index contributed by atoms with van der Waals surface area (Å²) in [5.74, 6) is -0.234. The number of nitrogens with zero attached hydrogens (tertiary/aromatic N) is 1. The average Bonchev–Trinajstić information content (AvgIpc) is 3.23. The first-order chi connectivity index (χ1) is 9.56. The van der Waals surface area contributed by atoms with Crippen molar-refractivity contribution in [1.29, 1.82) is 0 Å². The van der Waals surface area contributed by atoms with Gasteiger partial charge in [-0.05, 0) is 53.7 Å². The van der Waals surface area contributed by atoms with Crippen LogP contribution in [-0.4, -0.2) is 37.1 Å².